The zero-order valence-electron chi connectivity index (χ0n) is 35.5. The summed E-state index contributed by atoms with van der Waals surface area (Å²) in [6, 6.07) is 40.9. The molecule has 0 amide bonds. The zero-order valence-corrected chi connectivity index (χ0v) is 37.1. The van der Waals surface area contributed by atoms with E-state index in [1.165, 1.54) is 95.4 Å². The van der Waals surface area contributed by atoms with Gasteiger partial charge in [-0.2, -0.15) is 0 Å². The number of aromatic amines is 2. The van der Waals surface area contributed by atoms with Crippen molar-refractivity contribution in [3.63, 3.8) is 0 Å². The van der Waals surface area contributed by atoms with Gasteiger partial charge in [-0.1, -0.05) is 97.1 Å². The van der Waals surface area contributed by atoms with E-state index >= 15 is 0 Å². The molecule has 2 heterocycles. The van der Waals surface area contributed by atoms with Gasteiger partial charge in [0, 0.05) is 69.9 Å². The first kappa shape index (κ1) is 45.5. The monoisotopic (exact) mass is 822 g/mol. The molecule has 0 saturated heterocycles. The van der Waals surface area contributed by atoms with Gasteiger partial charge in [0.05, 0.1) is 0 Å². The largest absolute Gasteiger partial charge is 0.361 e. The van der Waals surface area contributed by atoms with E-state index in [2.05, 4.69) is 187 Å². The van der Waals surface area contributed by atoms with Crippen molar-refractivity contribution >= 4 is 46.6 Å². The molecule has 0 aliphatic heterocycles. The van der Waals surface area contributed by atoms with Crippen LogP contribution in [0, 0.1) is 0 Å². The summed E-state index contributed by atoms with van der Waals surface area (Å²) in [5, 5.41) is 10.4. The number of benzene rings is 4. The summed E-state index contributed by atoms with van der Waals surface area (Å²) in [5.41, 5.74) is 8.76. The van der Waals surface area contributed by atoms with Crippen LogP contribution in [0.3, 0.4) is 0 Å². The number of aromatic nitrogens is 2. The fourth-order valence-corrected chi connectivity index (χ4v) is 9.82. The smallest absolute Gasteiger partial charge is 0.0457 e. The third-order valence-corrected chi connectivity index (χ3v) is 13.5. The number of likely N-dealkylation sites (N-methyl/N-ethyl adjacent to an activating group) is 2. The fourth-order valence-electron chi connectivity index (χ4n) is 9.82. The Balaban J connectivity index is 0.000000214. The van der Waals surface area contributed by atoms with E-state index in [9.17, 15) is 0 Å². The van der Waals surface area contributed by atoms with E-state index in [0.29, 0.717) is 29.2 Å². The number of rotatable bonds is 13. The Kier molecular flexibility index (Phi) is 16.5. The van der Waals surface area contributed by atoms with E-state index in [0.717, 1.165) is 25.8 Å². The Bertz CT molecular complexity index is 2070. The van der Waals surface area contributed by atoms with Gasteiger partial charge in [-0.05, 0) is 140 Å². The molecule has 0 bridgehead atoms. The molecule has 6 nitrogen and oxygen atoms in total. The highest BCUT2D eigenvalue weighted by molar-refractivity contribution is 5.86. The summed E-state index contributed by atoms with van der Waals surface area (Å²) in [6.07, 6.45) is 17.7. The number of para-hydroxylation sites is 2. The Morgan fingerprint density at radius 1 is 0.569 bits per heavy atom. The average Bonchev–Trinajstić information content (AvgIpc) is 3.83. The van der Waals surface area contributed by atoms with Crippen LogP contribution in [-0.4, -0.2) is 77.2 Å². The standard InChI is InChI=1S/C26H35N3.C24H31N3.2ClH/c1-20(17-22-19-27-25-12-8-7-11-24(22)25)28-23-13-15-26(16-14-23,29(2)3)18-21-9-5-4-6-10-21;1-27(2)24(16-19-8-4-3-5-9-19)14-12-21(13-15-24)25-17-20-18-26-23-11-7-6-10-22(20)23;;/h4-12,19-20,23,27-28H,13-18H2,1-3H3;3-11,18,21,25-26H,12-17H2,1-2H3;2*1H. The van der Waals surface area contributed by atoms with Gasteiger partial charge < -0.3 is 30.4 Å². The van der Waals surface area contributed by atoms with Crippen LogP contribution in [-0.2, 0) is 25.8 Å². The van der Waals surface area contributed by atoms with E-state index in [1.54, 1.807) is 0 Å². The quantitative estimate of drug-likeness (QED) is 0.0937. The van der Waals surface area contributed by atoms with Crippen molar-refractivity contribution in [2.45, 2.75) is 113 Å². The van der Waals surface area contributed by atoms with Gasteiger partial charge in [-0.15, -0.1) is 24.8 Å². The number of H-pyrrole nitrogens is 2. The lowest BCUT2D eigenvalue weighted by Crippen LogP contribution is -2.52. The second-order valence-corrected chi connectivity index (χ2v) is 17.5. The van der Waals surface area contributed by atoms with Crippen LogP contribution >= 0.6 is 24.8 Å². The molecule has 2 aromatic heterocycles. The molecule has 0 spiro atoms. The molecule has 6 aromatic rings. The van der Waals surface area contributed by atoms with E-state index in [1.807, 2.05) is 0 Å². The summed E-state index contributed by atoms with van der Waals surface area (Å²) in [6.45, 7) is 3.28. The van der Waals surface area contributed by atoms with Crippen LogP contribution in [0.2, 0.25) is 0 Å². The Labute approximate surface area is 360 Å². The van der Waals surface area contributed by atoms with Crippen molar-refractivity contribution in [2.75, 3.05) is 28.2 Å². The summed E-state index contributed by atoms with van der Waals surface area (Å²) < 4.78 is 0. The lowest BCUT2D eigenvalue weighted by atomic mass is 9.74. The molecule has 2 fully saturated rings. The fraction of sp³-hybridized carbons (Fsp3) is 0.440. The minimum Gasteiger partial charge on any atom is -0.361 e. The summed E-state index contributed by atoms with van der Waals surface area (Å²) >= 11 is 0. The topological polar surface area (TPSA) is 62.1 Å². The van der Waals surface area contributed by atoms with Crippen molar-refractivity contribution in [2.24, 2.45) is 0 Å². The number of nitrogens with zero attached hydrogens (tertiary/aromatic N) is 2. The zero-order chi connectivity index (χ0) is 39.0. The first-order chi connectivity index (χ1) is 27.2. The van der Waals surface area contributed by atoms with Gasteiger partial charge in [0.2, 0.25) is 0 Å². The Morgan fingerprint density at radius 2 is 0.983 bits per heavy atom. The molecule has 4 aromatic carbocycles. The maximum absolute atomic E-state index is 3.93. The molecule has 8 heteroatoms. The molecule has 312 valence electrons. The minimum atomic E-state index is 0. The van der Waals surface area contributed by atoms with Gasteiger partial charge in [0.25, 0.3) is 0 Å². The van der Waals surface area contributed by atoms with Gasteiger partial charge in [0.15, 0.2) is 0 Å². The lowest BCUT2D eigenvalue weighted by Gasteiger charge is -2.46. The van der Waals surface area contributed by atoms with Crippen LogP contribution in [0.1, 0.15) is 80.5 Å². The normalized spacial score (nSPS) is 22.5. The number of nitrogens with one attached hydrogen (secondary N) is 4. The highest BCUT2D eigenvalue weighted by atomic mass is 35.5. The number of fused-ring (bicyclic) bond motifs is 2. The molecule has 4 N–H and O–H groups in total. The molecule has 8 rings (SSSR count). The number of halogens is 2. The van der Waals surface area contributed by atoms with E-state index < -0.39 is 0 Å². The summed E-state index contributed by atoms with van der Waals surface area (Å²) in [4.78, 5) is 11.7. The second kappa shape index (κ2) is 21.1. The van der Waals surface area contributed by atoms with Crippen LogP contribution in [0.25, 0.3) is 21.8 Å². The van der Waals surface area contributed by atoms with Crippen LogP contribution in [0.5, 0.6) is 0 Å². The minimum absolute atomic E-state index is 0. The maximum atomic E-state index is 3.93. The van der Waals surface area contributed by atoms with Crippen LogP contribution in [0.4, 0.5) is 0 Å². The predicted molar refractivity (Wildman–Crippen MR) is 252 cm³/mol. The number of hydrogen-bond donors (Lipinski definition) is 4. The van der Waals surface area contributed by atoms with E-state index in [4.69, 9.17) is 0 Å². The van der Waals surface area contributed by atoms with Crippen LogP contribution in [0.15, 0.2) is 122 Å². The molecule has 2 saturated carbocycles. The van der Waals surface area contributed by atoms with E-state index in [-0.39, 0.29) is 24.8 Å². The van der Waals surface area contributed by atoms with Crippen molar-refractivity contribution in [1.29, 1.82) is 0 Å². The third-order valence-electron chi connectivity index (χ3n) is 13.5. The first-order valence-corrected chi connectivity index (χ1v) is 21.2. The van der Waals surface area contributed by atoms with Gasteiger partial charge in [-0.25, -0.2) is 0 Å². The van der Waals surface area contributed by atoms with Gasteiger partial charge in [0.1, 0.15) is 0 Å². The molecular formula is C50H68Cl2N6. The SMILES string of the molecule is CC(Cc1c[nH]c2ccccc12)NC1CCC(Cc2ccccc2)(N(C)C)CC1.CN(C)C1(Cc2ccccc2)CCC(NCc2c[nH]c3ccccc23)CC1.Cl.Cl. The molecule has 1 atom stereocenters. The summed E-state index contributed by atoms with van der Waals surface area (Å²) in [7, 11) is 9.03. The molecule has 1 unspecified atom stereocenters. The number of hydrogen-bond acceptors (Lipinski definition) is 4. The van der Waals surface area contributed by atoms with Gasteiger partial charge >= 0.3 is 0 Å². The van der Waals surface area contributed by atoms with Crippen molar-refractivity contribution in [3.05, 3.63) is 144 Å². The van der Waals surface area contributed by atoms with Crippen molar-refractivity contribution in [1.82, 2.24) is 30.4 Å². The molecule has 58 heavy (non-hydrogen) atoms. The molecular weight excluding hydrogens is 755 g/mol. The van der Waals surface area contributed by atoms with Crippen molar-refractivity contribution in [3.8, 4) is 0 Å². The van der Waals surface area contributed by atoms with Crippen molar-refractivity contribution < 1.29 is 0 Å². The van der Waals surface area contributed by atoms with Crippen LogP contribution < -0.4 is 10.6 Å². The first-order valence-electron chi connectivity index (χ1n) is 21.2. The third kappa shape index (κ3) is 11.1. The predicted octanol–water partition coefficient (Wildman–Crippen LogP) is 10.8. The highest BCUT2D eigenvalue weighted by Gasteiger charge is 2.38. The lowest BCUT2D eigenvalue weighted by molar-refractivity contribution is 0.0855. The Morgan fingerprint density at radius 3 is 1.47 bits per heavy atom. The maximum Gasteiger partial charge on any atom is 0.0457 e. The highest BCUT2D eigenvalue weighted by Crippen LogP contribution is 2.37. The second-order valence-electron chi connectivity index (χ2n) is 17.5. The van der Waals surface area contributed by atoms with Gasteiger partial charge in [-0.3, -0.25) is 0 Å². The molecule has 0 radical (unpaired) electrons. The average molecular weight is 824 g/mol. The summed E-state index contributed by atoms with van der Waals surface area (Å²) in [5.74, 6) is 0. The molecule has 2 aliphatic carbocycles. The Hall–Kier alpha value is -3.62. The molecule has 2 aliphatic rings.